The highest BCUT2D eigenvalue weighted by atomic mass is 16.5. The molecule has 1 N–H and O–H groups in total. The van der Waals surface area contributed by atoms with Crippen molar-refractivity contribution in [3.8, 4) is 23.1 Å². The van der Waals surface area contributed by atoms with Gasteiger partial charge in [-0.25, -0.2) is 4.98 Å². The van der Waals surface area contributed by atoms with Gasteiger partial charge in [0.25, 0.3) is 5.89 Å². The van der Waals surface area contributed by atoms with E-state index in [1.807, 2.05) is 0 Å². The van der Waals surface area contributed by atoms with Gasteiger partial charge in [0.1, 0.15) is 17.7 Å². The first-order chi connectivity index (χ1) is 7.84. The van der Waals surface area contributed by atoms with Crippen molar-refractivity contribution in [1.29, 1.82) is 0 Å². The summed E-state index contributed by atoms with van der Waals surface area (Å²) in [5.41, 5.74) is 0.665. The Morgan fingerprint density at radius 1 is 1.31 bits per heavy atom. The van der Waals surface area contributed by atoms with Crippen LogP contribution in [0.25, 0.3) is 23.1 Å². The molecule has 0 spiro atoms. The van der Waals surface area contributed by atoms with Crippen LogP contribution in [0.5, 0.6) is 0 Å². The van der Waals surface area contributed by atoms with Crippen molar-refractivity contribution in [2.75, 3.05) is 0 Å². The lowest BCUT2D eigenvalue weighted by molar-refractivity contribution is 0.395. The molecule has 3 aromatic heterocycles. The maximum absolute atomic E-state index is 5.06. The molecule has 0 fully saturated rings. The quantitative estimate of drug-likeness (QED) is 0.678. The molecule has 3 heterocycles. The number of nitrogens with one attached hydrogen (secondary N) is 1. The van der Waals surface area contributed by atoms with E-state index < -0.39 is 0 Å². The van der Waals surface area contributed by atoms with Crippen molar-refractivity contribution in [1.82, 2.24) is 30.5 Å². The monoisotopic (exact) mass is 218 g/mol. The number of rotatable bonds is 2. The minimum atomic E-state index is 0.338. The number of H-pyrrole nitrogens is 1. The summed E-state index contributed by atoms with van der Waals surface area (Å²) >= 11 is 0. The second kappa shape index (κ2) is 3.26. The molecule has 8 heteroatoms. The first-order valence-electron chi connectivity index (χ1n) is 4.45. The molecule has 0 bridgehead atoms. The summed E-state index contributed by atoms with van der Waals surface area (Å²) < 4.78 is 9.97. The van der Waals surface area contributed by atoms with Crippen molar-refractivity contribution in [2.24, 2.45) is 0 Å². The lowest BCUT2D eigenvalue weighted by atomic mass is 10.3. The van der Waals surface area contributed by atoms with Gasteiger partial charge in [-0.3, -0.25) is 5.10 Å². The highest BCUT2D eigenvalue weighted by Gasteiger charge is 2.16. The molecule has 0 radical (unpaired) electrons. The van der Waals surface area contributed by atoms with E-state index >= 15 is 0 Å². The molecule has 0 saturated carbocycles. The van der Waals surface area contributed by atoms with E-state index in [1.165, 1.54) is 12.5 Å². The van der Waals surface area contributed by atoms with Gasteiger partial charge >= 0.3 is 0 Å². The Balaban J connectivity index is 2.03. The molecule has 8 nitrogen and oxygen atoms in total. The molecule has 0 aliphatic rings. The number of hydrogen-bond donors (Lipinski definition) is 1. The maximum Gasteiger partial charge on any atom is 0.263 e. The summed E-state index contributed by atoms with van der Waals surface area (Å²) in [6, 6.07) is 0. The summed E-state index contributed by atoms with van der Waals surface area (Å²) in [7, 11) is 0. The second-order valence-corrected chi connectivity index (χ2v) is 3.05. The van der Waals surface area contributed by atoms with Crippen LogP contribution in [-0.2, 0) is 0 Å². The van der Waals surface area contributed by atoms with Crippen LogP contribution in [0.1, 0.15) is 5.76 Å². The lowest BCUT2D eigenvalue weighted by Gasteiger charge is -1.85. The number of aromatic amines is 1. The summed E-state index contributed by atoms with van der Waals surface area (Å²) in [6.07, 6.45) is 2.89. The van der Waals surface area contributed by atoms with Gasteiger partial charge in [-0.05, 0) is 6.92 Å². The van der Waals surface area contributed by atoms with Gasteiger partial charge in [0.05, 0.1) is 6.20 Å². The van der Waals surface area contributed by atoms with E-state index in [9.17, 15) is 0 Å². The molecule has 3 aromatic rings. The van der Waals surface area contributed by atoms with Crippen LogP contribution in [0.3, 0.4) is 0 Å². The van der Waals surface area contributed by atoms with Crippen molar-refractivity contribution < 1.29 is 9.05 Å². The molecule has 0 saturated heterocycles. The molecule has 0 atom stereocenters. The predicted octanol–water partition coefficient (Wildman–Crippen LogP) is 0.818. The second-order valence-electron chi connectivity index (χ2n) is 3.05. The van der Waals surface area contributed by atoms with Crippen LogP contribution in [0.15, 0.2) is 21.6 Å². The molecule has 80 valence electrons. The largest absolute Gasteiger partial charge is 0.361 e. The third kappa shape index (κ3) is 1.28. The van der Waals surface area contributed by atoms with Crippen LogP contribution < -0.4 is 0 Å². The molecule has 0 unspecified atom stereocenters. The highest BCUT2D eigenvalue weighted by Crippen LogP contribution is 2.22. The third-order valence-electron chi connectivity index (χ3n) is 2.03. The topological polar surface area (TPSA) is 107 Å². The number of nitrogens with zero attached hydrogens (tertiary/aromatic N) is 5. The highest BCUT2D eigenvalue weighted by molar-refractivity contribution is 5.56. The van der Waals surface area contributed by atoms with Gasteiger partial charge < -0.3 is 9.05 Å². The Morgan fingerprint density at radius 2 is 2.25 bits per heavy atom. The Bertz CT molecular complexity index is 596. The fourth-order valence-electron chi connectivity index (χ4n) is 1.25. The van der Waals surface area contributed by atoms with Crippen molar-refractivity contribution in [3.63, 3.8) is 0 Å². The number of aromatic nitrogens is 6. The van der Waals surface area contributed by atoms with Gasteiger partial charge in [-0.1, -0.05) is 10.3 Å². The molecular formula is C8H6N6O2. The van der Waals surface area contributed by atoms with Crippen LogP contribution in [0, 0.1) is 6.92 Å². The first kappa shape index (κ1) is 8.77. The Hall–Kier alpha value is -2.51. The van der Waals surface area contributed by atoms with Crippen molar-refractivity contribution in [3.05, 3.63) is 18.3 Å². The minimum absolute atomic E-state index is 0.338. The molecule has 0 amide bonds. The summed E-state index contributed by atoms with van der Waals surface area (Å²) in [4.78, 5) is 8.06. The Labute approximate surface area is 88.7 Å². The fourth-order valence-corrected chi connectivity index (χ4v) is 1.25. The van der Waals surface area contributed by atoms with Gasteiger partial charge in [0.15, 0.2) is 5.82 Å². The van der Waals surface area contributed by atoms with E-state index in [2.05, 4.69) is 30.5 Å². The molecule has 3 rings (SSSR count). The lowest BCUT2D eigenvalue weighted by Crippen LogP contribution is -1.83. The van der Waals surface area contributed by atoms with Crippen LogP contribution >= 0.6 is 0 Å². The van der Waals surface area contributed by atoms with E-state index in [-0.39, 0.29) is 0 Å². The van der Waals surface area contributed by atoms with E-state index in [0.29, 0.717) is 28.9 Å². The van der Waals surface area contributed by atoms with Crippen molar-refractivity contribution in [2.45, 2.75) is 6.92 Å². The van der Waals surface area contributed by atoms with Gasteiger partial charge in [-0.2, -0.15) is 10.1 Å². The zero-order chi connectivity index (χ0) is 11.0. The smallest absolute Gasteiger partial charge is 0.263 e. The third-order valence-corrected chi connectivity index (χ3v) is 2.03. The van der Waals surface area contributed by atoms with Crippen LogP contribution in [0.2, 0.25) is 0 Å². The van der Waals surface area contributed by atoms with Gasteiger partial charge in [-0.15, -0.1) is 0 Å². The summed E-state index contributed by atoms with van der Waals surface area (Å²) in [5, 5.41) is 13.7. The molecule has 0 aromatic carbocycles. The average Bonchev–Trinajstić information content (AvgIpc) is 2.96. The van der Waals surface area contributed by atoms with Crippen molar-refractivity contribution >= 4 is 0 Å². The normalized spacial score (nSPS) is 10.8. The van der Waals surface area contributed by atoms with Gasteiger partial charge in [0.2, 0.25) is 5.82 Å². The van der Waals surface area contributed by atoms with E-state index in [4.69, 9.17) is 9.05 Å². The summed E-state index contributed by atoms with van der Waals surface area (Å²) in [6.45, 7) is 1.76. The van der Waals surface area contributed by atoms with Crippen LogP contribution in [-0.4, -0.2) is 30.5 Å². The Morgan fingerprint density at radius 3 is 2.94 bits per heavy atom. The van der Waals surface area contributed by atoms with E-state index in [1.54, 1.807) is 6.92 Å². The number of aryl methyl sites for hydroxylation is 1. The number of hydrogen-bond acceptors (Lipinski definition) is 7. The predicted molar refractivity (Wildman–Crippen MR) is 49.9 cm³/mol. The first-order valence-corrected chi connectivity index (χ1v) is 4.45. The van der Waals surface area contributed by atoms with E-state index in [0.717, 1.165) is 0 Å². The molecule has 16 heavy (non-hydrogen) atoms. The fraction of sp³-hybridized carbons (Fsp3) is 0.125. The SMILES string of the molecule is Cc1oncc1-c1nc(-c2ncn[nH]2)no1. The maximum atomic E-state index is 5.06. The van der Waals surface area contributed by atoms with Gasteiger partial charge in [0, 0.05) is 0 Å². The molecular weight excluding hydrogens is 212 g/mol. The zero-order valence-corrected chi connectivity index (χ0v) is 8.21. The molecule has 0 aliphatic heterocycles. The minimum Gasteiger partial charge on any atom is -0.361 e. The zero-order valence-electron chi connectivity index (χ0n) is 8.21. The Kier molecular flexibility index (Phi) is 1.79. The molecule has 0 aliphatic carbocycles. The average molecular weight is 218 g/mol. The standard InChI is InChI=1S/C8H6N6O2/c1-4-5(2-11-15-4)8-12-7(14-16-8)6-9-3-10-13-6/h2-3H,1H3,(H,9,10,13). The summed E-state index contributed by atoms with van der Waals surface area (Å²) in [5.74, 6) is 1.75. The van der Waals surface area contributed by atoms with Crippen LogP contribution in [0.4, 0.5) is 0 Å².